The van der Waals surface area contributed by atoms with Gasteiger partial charge >= 0.3 is 0 Å². The number of carbonyl (C=O) groups excluding carboxylic acids is 1. The number of nitrogens with two attached hydrogens (primary N) is 1. The zero-order valence-electron chi connectivity index (χ0n) is 19.2. The van der Waals surface area contributed by atoms with Crippen LogP contribution in [0.2, 0.25) is 0 Å². The van der Waals surface area contributed by atoms with Gasteiger partial charge in [-0.05, 0) is 38.5 Å². The molecule has 0 saturated carbocycles. The maximum atomic E-state index is 12.1. The van der Waals surface area contributed by atoms with E-state index in [1.807, 2.05) is 35.5 Å². The second-order valence-electron chi connectivity index (χ2n) is 9.02. The highest BCUT2D eigenvalue weighted by Crippen LogP contribution is 2.31. The van der Waals surface area contributed by atoms with Gasteiger partial charge in [0.25, 0.3) is 0 Å². The molecular weight excluding hydrogens is 434 g/mol. The highest BCUT2D eigenvalue weighted by atomic mass is 16.5. The van der Waals surface area contributed by atoms with Gasteiger partial charge in [0.15, 0.2) is 11.6 Å². The Morgan fingerprint density at radius 1 is 1.26 bits per heavy atom. The van der Waals surface area contributed by atoms with Crippen LogP contribution in [0.25, 0.3) is 33.8 Å². The summed E-state index contributed by atoms with van der Waals surface area (Å²) >= 11 is 0. The Kier molecular flexibility index (Phi) is 4.96. The molecule has 11 heteroatoms. The number of hydrogen-bond acceptors (Lipinski definition) is 7. The number of primary amides is 1. The number of aromatic nitrogens is 7. The van der Waals surface area contributed by atoms with E-state index in [1.54, 1.807) is 12.1 Å². The molecule has 2 atom stereocenters. The van der Waals surface area contributed by atoms with Crippen molar-refractivity contribution >= 4 is 16.8 Å². The van der Waals surface area contributed by atoms with Gasteiger partial charge in [0.2, 0.25) is 5.91 Å². The zero-order valence-corrected chi connectivity index (χ0v) is 19.2. The molecule has 3 N–H and O–H groups in total. The fourth-order valence-electron chi connectivity index (χ4n) is 5.13. The number of nitrogens with one attached hydrogen (secondary N) is 1. The van der Waals surface area contributed by atoms with Crippen LogP contribution in [0, 0.1) is 6.92 Å². The van der Waals surface area contributed by atoms with Gasteiger partial charge in [-0.2, -0.15) is 15.3 Å². The lowest BCUT2D eigenvalue weighted by molar-refractivity contribution is 0.0291. The predicted octanol–water partition coefficient (Wildman–Crippen LogP) is 1.59. The minimum Gasteiger partial charge on any atom is -0.375 e. The molecule has 2 aliphatic heterocycles. The quantitative estimate of drug-likeness (QED) is 0.427. The van der Waals surface area contributed by atoms with Crippen molar-refractivity contribution in [1.29, 1.82) is 0 Å². The molecule has 34 heavy (non-hydrogen) atoms. The summed E-state index contributed by atoms with van der Waals surface area (Å²) in [4.78, 5) is 19.3. The van der Waals surface area contributed by atoms with Crippen molar-refractivity contribution in [2.24, 2.45) is 5.73 Å². The Balaban J connectivity index is 1.36. The third-order valence-electron chi connectivity index (χ3n) is 6.83. The molecule has 11 nitrogen and oxygen atoms in total. The Hall–Kier alpha value is -3.57. The van der Waals surface area contributed by atoms with E-state index in [0.29, 0.717) is 42.4 Å². The highest BCUT2D eigenvalue weighted by Gasteiger charge is 2.38. The molecule has 0 radical (unpaired) electrons. The van der Waals surface area contributed by atoms with Gasteiger partial charge < -0.3 is 10.5 Å². The second kappa shape index (κ2) is 8.03. The Morgan fingerprint density at radius 3 is 2.88 bits per heavy atom. The van der Waals surface area contributed by atoms with Crippen LogP contribution in [0.4, 0.5) is 0 Å². The van der Waals surface area contributed by atoms with Crippen LogP contribution in [-0.4, -0.2) is 77.4 Å². The molecule has 4 aromatic rings. The van der Waals surface area contributed by atoms with Crippen LogP contribution in [0.1, 0.15) is 29.4 Å². The molecule has 0 spiro atoms. The first-order valence-corrected chi connectivity index (χ1v) is 11.6. The van der Waals surface area contributed by atoms with Crippen LogP contribution in [0.5, 0.6) is 0 Å². The molecule has 2 bridgehead atoms. The zero-order chi connectivity index (χ0) is 23.4. The van der Waals surface area contributed by atoms with E-state index in [1.165, 1.54) is 0 Å². The third kappa shape index (κ3) is 3.48. The Morgan fingerprint density at radius 2 is 2.15 bits per heavy atom. The van der Waals surface area contributed by atoms with Gasteiger partial charge in [0, 0.05) is 42.2 Å². The number of aryl methyl sites for hydroxylation is 2. The van der Waals surface area contributed by atoms with Crippen molar-refractivity contribution in [2.45, 2.75) is 45.5 Å². The van der Waals surface area contributed by atoms with E-state index < -0.39 is 5.91 Å². The van der Waals surface area contributed by atoms with Gasteiger partial charge in [0.05, 0.1) is 36.7 Å². The fourth-order valence-corrected chi connectivity index (χ4v) is 5.13. The molecule has 1 amide bonds. The molecule has 2 fully saturated rings. The van der Waals surface area contributed by atoms with Crippen LogP contribution >= 0.6 is 0 Å². The van der Waals surface area contributed by atoms with Crippen molar-refractivity contribution in [3.05, 3.63) is 35.7 Å². The van der Waals surface area contributed by atoms with E-state index in [0.717, 1.165) is 54.0 Å². The maximum absolute atomic E-state index is 12.1. The number of nitrogens with zero attached hydrogens (tertiary/aromatic N) is 7. The van der Waals surface area contributed by atoms with E-state index in [9.17, 15) is 4.79 Å². The summed E-state index contributed by atoms with van der Waals surface area (Å²) in [6, 6.07) is 6.01. The number of H-pyrrole nitrogens is 1. The number of likely N-dealkylation sites (tertiary alicyclic amines) is 1. The number of benzene rings is 1. The first-order valence-electron chi connectivity index (χ1n) is 11.6. The number of ether oxygens (including phenoxy) is 1. The Labute approximate surface area is 195 Å². The average molecular weight is 462 g/mol. The lowest BCUT2D eigenvalue weighted by Crippen LogP contribution is -2.38. The number of fused-ring (bicyclic) bond motifs is 3. The van der Waals surface area contributed by atoms with Gasteiger partial charge in [0.1, 0.15) is 5.69 Å². The van der Waals surface area contributed by atoms with E-state index in [4.69, 9.17) is 15.5 Å². The van der Waals surface area contributed by atoms with E-state index in [2.05, 4.69) is 25.3 Å². The van der Waals surface area contributed by atoms with Gasteiger partial charge in [-0.1, -0.05) is 0 Å². The van der Waals surface area contributed by atoms with Crippen LogP contribution in [0.15, 0.2) is 24.4 Å². The molecular formula is C23H27N9O2. The Bertz CT molecular complexity index is 1380. The number of carbonyl (C=O) groups is 1. The van der Waals surface area contributed by atoms with Gasteiger partial charge in [-0.15, -0.1) is 0 Å². The summed E-state index contributed by atoms with van der Waals surface area (Å²) in [5.74, 6) is 0.608. The van der Waals surface area contributed by atoms with E-state index in [-0.39, 0.29) is 0 Å². The standard InChI is InChI=1S/C23H27N9O2/c1-3-31-20(6-13(2)29-31)23-26-22(27-28-23)17-7-14(21(24)33)8-19-18(17)10-25-32(19)5-4-30-11-16-9-15(30)12-34-16/h6-8,10,15-16H,3-5,9,11-12H2,1-2H3,(H2,24,33)(H,26,27,28)/t15-,16-/m0/s1. The first-order chi connectivity index (χ1) is 16.5. The van der Waals surface area contributed by atoms with Gasteiger partial charge in [-0.3, -0.25) is 24.2 Å². The van der Waals surface area contributed by atoms with Crippen molar-refractivity contribution in [3.8, 4) is 22.9 Å². The van der Waals surface area contributed by atoms with Crippen molar-refractivity contribution in [1.82, 2.24) is 39.6 Å². The molecule has 0 aliphatic carbocycles. The predicted molar refractivity (Wildman–Crippen MR) is 125 cm³/mol. The minimum atomic E-state index is -0.496. The summed E-state index contributed by atoms with van der Waals surface area (Å²) in [5.41, 5.74) is 9.41. The summed E-state index contributed by atoms with van der Waals surface area (Å²) in [6.07, 6.45) is 3.29. The molecule has 1 aromatic carbocycles. The summed E-state index contributed by atoms with van der Waals surface area (Å²) in [7, 11) is 0. The lowest BCUT2D eigenvalue weighted by Gasteiger charge is -2.26. The summed E-state index contributed by atoms with van der Waals surface area (Å²) < 4.78 is 9.51. The van der Waals surface area contributed by atoms with Crippen LogP contribution in [0.3, 0.4) is 0 Å². The topological polar surface area (TPSA) is 133 Å². The molecule has 176 valence electrons. The minimum absolute atomic E-state index is 0.362. The number of aromatic amines is 1. The first kappa shape index (κ1) is 21.0. The largest absolute Gasteiger partial charge is 0.375 e. The van der Waals surface area contributed by atoms with Crippen molar-refractivity contribution < 1.29 is 9.53 Å². The van der Waals surface area contributed by atoms with Crippen LogP contribution < -0.4 is 5.73 Å². The number of morpholine rings is 1. The molecule has 6 rings (SSSR count). The normalized spacial score (nSPS) is 20.1. The average Bonchev–Trinajstić information content (AvgIpc) is 3.65. The molecule has 3 aromatic heterocycles. The van der Waals surface area contributed by atoms with Gasteiger partial charge in [-0.25, -0.2) is 4.98 Å². The second-order valence-corrected chi connectivity index (χ2v) is 9.02. The smallest absolute Gasteiger partial charge is 0.248 e. The summed E-state index contributed by atoms with van der Waals surface area (Å²) in [6.45, 7) is 8.05. The monoisotopic (exact) mass is 461 g/mol. The van der Waals surface area contributed by atoms with Crippen LogP contribution in [-0.2, 0) is 17.8 Å². The number of amides is 1. The third-order valence-corrected chi connectivity index (χ3v) is 6.83. The molecule has 0 unspecified atom stereocenters. The number of hydrogen-bond donors (Lipinski definition) is 2. The molecule has 2 saturated heterocycles. The lowest BCUT2D eigenvalue weighted by atomic mass is 10.0. The summed E-state index contributed by atoms with van der Waals surface area (Å²) in [5, 5.41) is 17.5. The van der Waals surface area contributed by atoms with Crippen molar-refractivity contribution in [2.75, 3.05) is 19.7 Å². The van der Waals surface area contributed by atoms with E-state index >= 15 is 0 Å². The SMILES string of the molecule is CCn1nc(C)cc1-c1n[nH]c(-c2cc(C(N)=O)cc3c2cnn3CCN2C[C@@H]3C[C@H]2CO3)n1. The maximum Gasteiger partial charge on any atom is 0.248 e. The number of rotatable bonds is 7. The molecule has 2 aliphatic rings. The molecule has 5 heterocycles. The fraction of sp³-hybridized carbons (Fsp3) is 0.435. The highest BCUT2D eigenvalue weighted by molar-refractivity contribution is 6.02. The van der Waals surface area contributed by atoms with Crippen molar-refractivity contribution in [3.63, 3.8) is 0 Å².